The molecule has 1 unspecified atom stereocenters. The smallest absolute Gasteiger partial charge is 0.123 e. The molecule has 7 heteroatoms. The Labute approximate surface area is 177 Å². The van der Waals surface area contributed by atoms with E-state index in [0.29, 0.717) is 6.04 Å². The molecule has 1 fully saturated rings. The molecule has 0 aliphatic carbocycles. The zero-order chi connectivity index (χ0) is 17.2. The van der Waals surface area contributed by atoms with E-state index < -0.39 is 0 Å². The van der Waals surface area contributed by atoms with Crippen LogP contribution in [0.15, 0.2) is 54.7 Å². The Hall–Kier alpha value is -1.72. The monoisotopic (exact) mass is 424 g/mol. The minimum atomic E-state index is 0. The number of hydrogen-bond donors (Lipinski definition) is 2. The van der Waals surface area contributed by atoms with Crippen molar-refractivity contribution in [1.82, 2.24) is 14.9 Å². The number of nitrogens with two attached hydrogens (primary N) is 1. The van der Waals surface area contributed by atoms with E-state index in [1.54, 1.807) is 0 Å². The molecule has 2 heterocycles. The van der Waals surface area contributed by atoms with E-state index >= 15 is 0 Å². The normalized spacial score (nSPS) is 16.6. The number of aromatic nitrogens is 2. The highest BCUT2D eigenvalue weighted by atomic mass is 35.5. The van der Waals surface area contributed by atoms with Gasteiger partial charge in [0.2, 0.25) is 0 Å². The Balaban J connectivity index is 0.00000131. The Kier molecular flexibility index (Phi) is 7.57. The number of benzene rings is 2. The average Bonchev–Trinajstić information content (AvgIpc) is 3.25. The highest BCUT2D eigenvalue weighted by Crippen LogP contribution is 2.33. The molecule has 1 aliphatic heterocycles. The maximum absolute atomic E-state index is 5.97. The average molecular weight is 426 g/mol. The Bertz CT molecular complexity index is 864. The molecule has 4 nitrogen and oxygen atoms in total. The van der Waals surface area contributed by atoms with Gasteiger partial charge in [-0.25, -0.2) is 4.98 Å². The lowest BCUT2D eigenvalue weighted by atomic mass is 10.1. The van der Waals surface area contributed by atoms with Crippen molar-refractivity contribution in [2.45, 2.75) is 25.4 Å². The third kappa shape index (κ3) is 4.96. The number of anilines is 1. The molecule has 1 aliphatic rings. The van der Waals surface area contributed by atoms with Crippen LogP contribution in [0.4, 0.5) is 5.69 Å². The molecule has 144 valence electrons. The fourth-order valence-electron chi connectivity index (χ4n) is 3.53. The van der Waals surface area contributed by atoms with Crippen molar-refractivity contribution in [3.05, 3.63) is 71.1 Å². The van der Waals surface area contributed by atoms with E-state index in [4.69, 9.17) is 17.3 Å². The van der Waals surface area contributed by atoms with Gasteiger partial charge in [-0.05, 0) is 54.8 Å². The first-order chi connectivity index (χ1) is 12.2. The summed E-state index contributed by atoms with van der Waals surface area (Å²) in [5.74, 6) is 1.03. The van der Waals surface area contributed by atoms with E-state index in [2.05, 4.69) is 27.0 Å². The van der Waals surface area contributed by atoms with Crippen molar-refractivity contribution >= 4 is 42.1 Å². The number of likely N-dealkylation sites (tertiary alicyclic amines) is 1. The van der Waals surface area contributed by atoms with Gasteiger partial charge >= 0.3 is 0 Å². The second-order valence-electron chi connectivity index (χ2n) is 6.56. The molecule has 0 saturated carbocycles. The van der Waals surface area contributed by atoms with Crippen molar-refractivity contribution in [3.8, 4) is 11.3 Å². The van der Waals surface area contributed by atoms with Crippen molar-refractivity contribution in [1.29, 1.82) is 0 Å². The van der Waals surface area contributed by atoms with Gasteiger partial charge in [0.25, 0.3) is 0 Å². The summed E-state index contributed by atoms with van der Waals surface area (Å²) in [6.45, 7) is 1.98. The summed E-state index contributed by atoms with van der Waals surface area (Å²) in [5.41, 5.74) is 10.1. The van der Waals surface area contributed by atoms with E-state index in [0.717, 1.165) is 47.3 Å². The van der Waals surface area contributed by atoms with E-state index in [9.17, 15) is 0 Å². The molecule has 1 aromatic heterocycles. The van der Waals surface area contributed by atoms with Crippen LogP contribution in [0, 0.1) is 0 Å². The van der Waals surface area contributed by atoms with E-state index in [-0.39, 0.29) is 24.8 Å². The quantitative estimate of drug-likeness (QED) is 0.543. The molecule has 0 radical (unpaired) electrons. The summed E-state index contributed by atoms with van der Waals surface area (Å²) in [7, 11) is 0. The molecule has 27 heavy (non-hydrogen) atoms. The van der Waals surface area contributed by atoms with Crippen LogP contribution >= 0.6 is 36.4 Å². The minimum absolute atomic E-state index is 0. The first-order valence-electron chi connectivity index (χ1n) is 8.58. The second-order valence-corrected chi connectivity index (χ2v) is 7.00. The highest BCUT2D eigenvalue weighted by Gasteiger charge is 2.28. The number of imidazole rings is 1. The molecule has 1 atom stereocenters. The van der Waals surface area contributed by atoms with Gasteiger partial charge in [0, 0.05) is 17.3 Å². The van der Waals surface area contributed by atoms with Crippen molar-refractivity contribution < 1.29 is 0 Å². The number of nitrogens with zero attached hydrogens (tertiary/aromatic N) is 2. The zero-order valence-electron chi connectivity index (χ0n) is 14.8. The van der Waals surface area contributed by atoms with Crippen molar-refractivity contribution in [2.24, 2.45) is 0 Å². The molecule has 3 N–H and O–H groups in total. The fourth-order valence-corrected chi connectivity index (χ4v) is 3.66. The van der Waals surface area contributed by atoms with E-state index in [1.807, 2.05) is 42.6 Å². The number of rotatable bonds is 4. The molecule has 4 rings (SSSR count). The number of nitrogens with one attached hydrogen (secondary N) is 1. The second kappa shape index (κ2) is 9.47. The number of hydrogen-bond acceptors (Lipinski definition) is 3. The van der Waals surface area contributed by atoms with Crippen LogP contribution < -0.4 is 5.73 Å². The van der Waals surface area contributed by atoms with Crippen molar-refractivity contribution in [3.63, 3.8) is 0 Å². The van der Waals surface area contributed by atoms with Crippen LogP contribution in [-0.4, -0.2) is 21.4 Å². The van der Waals surface area contributed by atoms with Gasteiger partial charge in [-0.1, -0.05) is 35.9 Å². The van der Waals surface area contributed by atoms with E-state index in [1.165, 1.54) is 12.0 Å². The van der Waals surface area contributed by atoms with Crippen LogP contribution in [0.1, 0.15) is 30.3 Å². The molecular weight excluding hydrogens is 403 g/mol. The van der Waals surface area contributed by atoms with Crippen LogP contribution in [-0.2, 0) is 6.54 Å². The lowest BCUT2D eigenvalue weighted by Gasteiger charge is -2.23. The fraction of sp³-hybridized carbons (Fsp3) is 0.250. The summed E-state index contributed by atoms with van der Waals surface area (Å²) in [4.78, 5) is 10.6. The van der Waals surface area contributed by atoms with Gasteiger partial charge in [0.05, 0.1) is 17.9 Å². The van der Waals surface area contributed by atoms with Gasteiger partial charge in [0.15, 0.2) is 0 Å². The topological polar surface area (TPSA) is 57.9 Å². The molecular formula is C20H23Cl3N4. The van der Waals surface area contributed by atoms with Gasteiger partial charge in [-0.15, -0.1) is 24.8 Å². The number of nitrogen functional groups attached to an aromatic ring is 1. The largest absolute Gasteiger partial charge is 0.399 e. The summed E-state index contributed by atoms with van der Waals surface area (Å²) in [6.07, 6.45) is 4.22. The summed E-state index contributed by atoms with van der Waals surface area (Å²) in [6, 6.07) is 16.3. The lowest BCUT2D eigenvalue weighted by molar-refractivity contribution is 0.241. The predicted molar refractivity (Wildman–Crippen MR) is 117 cm³/mol. The molecule has 3 aromatic rings. The van der Waals surface area contributed by atoms with Crippen LogP contribution in [0.5, 0.6) is 0 Å². The Morgan fingerprint density at radius 3 is 2.67 bits per heavy atom. The highest BCUT2D eigenvalue weighted by molar-refractivity contribution is 6.30. The van der Waals surface area contributed by atoms with Gasteiger partial charge in [-0.3, -0.25) is 4.90 Å². The van der Waals surface area contributed by atoms with Crippen LogP contribution in [0.3, 0.4) is 0 Å². The number of H-pyrrole nitrogens is 1. The van der Waals surface area contributed by atoms with Crippen LogP contribution in [0.2, 0.25) is 5.02 Å². The first-order valence-corrected chi connectivity index (χ1v) is 8.96. The molecule has 0 amide bonds. The number of halogens is 3. The molecule has 1 saturated heterocycles. The predicted octanol–water partition coefficient (Wildman–Crippen LogP) is 5.49. The summed E-state index contributed by atoms with van der Waals surface area (Å²) < 4.78 is 0. The van der Waals surface area contributed by atoms with Gasteiger partial charge in [-0.2, -0.15) is 0 Å². The third-order valence-electron chi connectivity index (χ3n) is 4.77. The maximum atomic E-state index is 5.97. The molecule has 0 spiro atoms. The maximum Gasteiger partial charge on any atom is 0.123 e. The van der Waals surface area contributed by atoms with Gasteiger partial charge in [0.1, 0.15) is 5.82 Å². The van der Waals surface area contributed by atoms with Crippen LogP contribution in [0.25, 0.3) is 11.3 Å². The first kappa shape index (κ1) is 21.6. The Morgan fingerprint density at radius 2 is 1.93 bits per heavy atom. The zero-order valence-corrected chi connectivity index (χ0v) is 17.2. The molecule has 0 bridgehead atoms. The Morgan fingerprint density at radius 1 is 1.15 bits per heavy atom. The summed E-state index contributed by atoms with van der Waals surface area (Å²) >= 11 is 5.97. The van der Waals surface area contributed by atoms with Crippen molar-refractivity contribution in [2.75, 3.05) is 12.3 Å². The standard InChI is InChI=1S/C20H21ClN4.2ClH/c21-16-8-6-15(7-9-16)18-12-23-20(24-18)19-5-2-10-25(19)13-14-3-1-4-17(22)11-14;;/h1,3-4,6-9,11-12,19H,2,5,10,13,22H2,(H,23,24);2*1H. The minimum Gasteiger partial charge on any atom is -0.399 e. The third-order valence-corrected chi connectivity index (χ3v) is 5.02. The van der Waals surface area contributed by atoms with Gasteiger partial charge < -0.3 is 10.7 Å². The molecule has 2 aromatic carbocycles. The number of aromatic amines is 1. The SMILES string of the molecule is Cl.Cl.Nc1cccc(CN2CCCC2c2ncc(-c3ccc(Cl)cc3)[nH]2)c1. The summed E-state index contributed by atoms with van der Waals surface area (Å²) in [5, 5.41) is 0.743. The lowest BCUT2D eigenvalue weighted by Crippen LogP contribution is -2.23.